The zero-order valence-electron chi connectivity index (χ0n) is 6.34. The number of thioether (sulfide) groups is 1. The Morgan fingerprint density at radius 3 is 2.44 bits per heavy atom. The van der Waals surface area contributed by atoms with E-state index in [1.54, 1.807) is 25.1 Å². The molecule has 0 aliphatic carbocycles. The van der Waals surface area contributed by atoms with E-state index in [2.05, 4.69) is 23.8 Å². The summed E-state index contributed by atoms with van der Waals surface area (Å²) < 4.78 is 0.0933. The Morgan fingerprint density at radius 2 is 2.11 bits per heavy atom. The van der Waals surface area contributed by atoms with Crippen molar-refractivity contribution in [1.29, 1.82) is 0 Å². The van der Waals surface area contributed by atoms with Crippen molar-refractivity contribution in [2.24, 2.45) is 5.16 Å². The highest BCUT2D eigenvalue weighted by Crippen LogP contribution is 2.17. The fourth-order valence-corrected chi connectivity index (χ4v) is 0.381. The lowest BCUT2D eigenvalue weighted by Gasteiger charge is -2.13. The molecule has 0 spiro atoms. The lowest BCUT2D eigenvalue weighted by atomic mass is 10.2. The first-order valence-corrected chi connectivity index (χ1v) is 3.97. The van der Waals surface area contributed by atoms with E-state index in [1.165, 1.54) is 0 Å². The highest BCUT2D eigenvalue weighted by atomic mass is 32.2. The zero-order chi connectivity index (χ0) is 7.33. The number of oxime groups is 1. The van der Waals surface area contributed by atoms with Crippen molar-refractivity contribution >= 4 is 18.0 Å². The van der Waals surface area contributed by atoms with E-state index in [0.717, 1.165) is 0 Å². The summed E-state index contributed by atoms with van der Waals surface area (Å²) in [5.41, 5.74) is 0. The van der Waals surface area contributed by atoms with Crippen molar-refractivity contribution in [2.45, 2.75) is 18.6 Å². The lowest BCUT2D eigenvalue weighted by molar-refractivity contribution is 0.214. The van der Waals surface area contributed by atoms with Crippen molar-refractivity contribution < 1.29 is 4.84 Å². The summed E-state index contributed by atoms with van der Waals surface area (Å²) in [5, 5.41) is 3.67. The van der Waals surface area contributed by atoms with Crippen LogP contribution in [0.4, 0.5) is 0 Å². The summed E-state index contributed by atoms with van der Waals surface area (Å²) in [7, 11) is 1.55. The van der Waals surface area contributed by atoms with E-state index in [1.807, 2.05) is 6.26 Å². The second-order valence-corrected chi connectivity index (χ2v) is 3.69. The fourth-order valence-electron chi connectivity index (χ4n) is 0.232. The second-order valence-electron chi connectivity index (χ2n) is 2.22. The highest BCUT2D eigenvalue weighted by Gasteiger charge is 2.11. The minimum atomic E-state index is 0.0933. The molecule has 2 nitrogen and oxygen atoms in total. The molecule has 3 heteroatoms. The normalized spacial score (nSPS) is 12.4. The first kappa shape index (κ1) is 8.82. The Balaban J connectivity index is 3.70. The van der Waals surface area contributed by atoms with Gasteiger partial charge >= 0.3 is 0 Å². The van der Waals surface area contributed by atoms with Crippen LogP contribution in [-0.2, 0) is 4.84 Å². The Kier molecular flexibility index (Phi) is 3.70. The Labute approximate surface area is 60.6 Å². The van der Waals surface area contributed by atoms with Crippen LogP contribution in [0.5, 0.6) is 0 Å². The van der Waals surface area contributed by atoms with Crippen LogP contribution >= 0.6 is 11.8 Å². The van der Waals surface area contributed by atoms with Crippen LogP contribution in [0.25, 0.3) is 0 Å². The molecule has 0 unspecified atom stereocenters. The summed E-state index contributed by atoms with van der Waals surface area (Å²) in [5.74, 6) is 0. The van der Waals surface area contributed by atoms with Crippen LogP contribution in [0.2, 0.25) is 0 Å². The van der Waals surface area contributed by atoms with Gasteiger partial charge in [-0.3, -0.25) is 0 Å². The maximum absolute atomic E-state index is 4.54. The molecule has 0 saturated heterocycles. The monoisotopic (exact) mass is 147 g/mol. The van der Waals surface area contributed by atoms with Gasteiger partial charge < -0.3 is 4.84 Å². The van der Waals surface area contributed by atoms with Crippen LogP contribution in [0.15, 0.2) is 5.16 Å². The Bertz CT molecular complexity index is 101. The number of hydrogen-bond acceptors (Lipinski definition) is 3. The lowest BCUT2D eigenvalue weighted by Crippen LogP contribution is -2.15. The van der Waals surface area contributed by atoms with Crippen molar-refractivity contribution in [1.82, 2.24) is 0 Å². The smallest absolute Gasteiger partial charge is 0.106 e. The molecule has 0 amide bonds. The quantitative estimate of drug-likeness (QED) is 0.448. The molecule has 0 radical (unpaired) electrons. The summed E-state index contributed by atoms with van der Waals surface area (Å²) >= 11 is 1.74. The molecule has 0 aliphatic heterocycles. The molecule has 0 aromatic rings. The van der Waals surface area contributed by atoms with Crippen LogP contribution in [-0.4, -0.2) is 24.3 Å². The SMILES string of the molecule is CO/N=C/C(C)(C)SC. The average molecular weight is 147 g/mol. The molecule has 0 rings (SSSR count). The van der Waals surface area contributed by atoms with Gasteiger partial charge in [0.1, 0.15) is 7.11 Å². The van der Waals surface area contributed by atoms with E-state index in [-0.39, 0.29) is 4.75 Å². The zero-order valence-corrected chi connectivity index (χ0v) is 7.16. The summed E-state index contributed by atoms with van der Waals surface area (Å²) in [4.78, 5) is 4.54. The highest BCUT2D eigenvalue weighted by molar-refractivity contribution is 8.00. The first-order chi connectivity index (χ1) is 4.12. The Morgan fingerprint density at radius 1 is 1.56 bits per heavy atom. The van der Waals surface area contributed by atoms with Crippen molar-refractivity contribution in [2.75, 3.05) is 13.4 Å². The van der Waals surface area contributed by atoms with Gasteiger partial charge in [0.25, 0.3) is 0 Å². The fraction of sp³-hybridized carbons (Fsp3) is 0.833. The average Bonchev–Trinajstić information content (AvgIpc) is 1.84. The summed E-state index contributed by atoms with van der Waals surface area (Å²) in [6.07, 6.45) is 3.83. The van der Waals surface area contributed by atoms with E-state index in [4.69, 9.17) is 0 Å². The molecule has 0 atom stereocenters. The molecular weight excluding hydrogens is 134 g/mol. The van der Waals surface area contributed by atoms with Gasteiger partial charge in [0.15, 0.2) is 0 Å². The molecule has 0 aromatic heterocycles. The molecule has 0 saturated carbocycles. The summed E-state index contributed by atoms with van der Waals surface area (Å²) in [6.45, 7) is 4.17. The second kappa shape index (κ2) is 3.77. The maximum atomic E-state index is 4.54. The van der Waals surface area contributed by atoms with Gasteiger partial charge in [-0.05, 0) is 20.1 Å². The number of rotatable bonds is 3. The molecule has 0 fully saturated rings. The predicted octanol–water partition coefficient (Wildman–Crippen LogP) is 1.76. The largest absolute Gasteiger partial charge is 0.399 e. The molecule has 54 valence electrons. The standard InChI is InChI=1S/C6H13NOS/c1-6(2,9-4)5-7-8-3/h5H,1-4H3/b7-5+. The van der Waals surface area contributed by atoms with Crippen molar-refractivity contribution in [3.8, 4) is 0 Å². The van der Waals surface area contributed by atoms with Gasteiger partial charge in [-0.2, -0.15) is 11.8 Å². The van der Waals surface area contributed by atoms with Crippen LogP contribution < -0.4 is 0 Å². The van der Waals surface area contributed by atoms with E-state index in [0.29, 0.717) is 0 Å². The maximum Gasteiger partial charge on any atom is 0.106 e. The first-order valence-electron chi connectivity index (χ1n) is 2.75. The molecule has 0 aliphatic rings. The number of nitrogens with zero attached hydrogens (tertiary/aromatic N) is 1. The third-order valence-electron chi connectivity index (χ3n) is 0.995. The minimum absolute atomic E-state index is 0.0933. The van der Waals surface area contributed by atoms with Crippen LogP contribution in [0.3, 0.4) is 0 Å². The van der Waals surface area contributed by atoms with E-state index < -0.39 is 0 Å². The molecule has 9 heavy (non-hydrogen) atoms. The van der Waals surface area contributed by atoms with Gasteiger partial charge in [-0.1, -0.05) is 5.16 Å². The minimum Gasteiger partial charge on any atom is -0.399 e. The summed E-state index contributed by atoms with van der Waals surface area (Å²) in [6, 6.07) is 0. The van der Waals surface area contributed by atoms with Gasteiger partial charge in [-0.25, -0.2) is 0 Å². The predicted molar refractivity (Wildman–Crippen MR) is 43.1 cm³/mol. The molecule has 0 N–H and O–H groups in total. The van der Waals surface area contributed by atoms with E-state index >= 15 is 0 Å². The van der Waals surface area contributed by atoms with Crippen molar-refractivity contribution in [3.63, 3.8) is 0 Å². The topological polar surface area (TPSA) is 21.6 Å². The number of hydrogen-bond donors (Lipinski definition) is 0. The third kappa shape index (κ3) is 4.33. The molecule has 0 aromatic carbocycles. The van der Waals surface area contributed by atoms with Crippen LogP contribution in [0, 0.1) is 0 Å². The van der Waals surface area contributed by atoms with Crippen molar-refractivity contribution in [3.05, 3.63) is 0 Å². The van der Waals surface area contributed by atoms with Gasteiger partial charge in [0.05, 0.1) is 6.21 Å². The van der Waals surface area contributed by atoms with Gasteiger partial charge in [0.2, 0.25) is 0 Å². The van der Waals surface area contributed by atoms with Gasteiger partial charge in [-0.15, -0.1) is 0 Å². The van der Waals surface area contributed by atoms with Crippen LogP contribution in [0.1, 0.15) is 13.8 Å². The van der Waals surface area contributed by atoms with Gasteiger partial charge in [0, 0.05) is 4.75 Å². The van der Waals surface area contributed by atoms with E-state index in [9.17, 15) is 0 Å². The Hall–Kier alpha value is -0.180. The molecule has 0 bridgehead atoms. The molecule has 0 heterocycles. The third-order valence-corrected chi connectivity index (χ3v) is 2.15. The molecular formula is C6H13NOS.